The molecule has 4 rings (SSSR count). The molecule has 0 saturated heterocycles. The molecule has 1 atom stereocenters. The van der Waals surface area contributed by atoms with Crippen molar-refractivity contribution in [1.29, 1.82) is 0 Å². The second kappa shape index (κ2) is 6.92. The first-order valence-electron chi connectivity index (χ1n) is 8.51. The first-order chi connectivity index (χ1) is 12.7. The van der Waals surface area contributed by atoms with Gasteiger partial charge in [-0.3, -0.25) is 14.2 Å². The van der Waals surface area contributed by atoms with Gasteiger partial charge in [-0.25, -0.2) is 4.98 Å². The van der Waals surface area contributed by atoms with Gasteiger partial charge in [-0.2, -0.15) is 0 Å². The van der Waals surface area contributed by atoms with E-state index in [1.807, 2.05) is 29.6 Å². The minimum Gasteiger partial charge on any atom is -0.497 e. The van der Waals surface area contributed by atoms with Gasteiger partial charge in [0, 0.05) is 0 Å². The maximum atomic E-state index is 12.6. The van der Waals surface area contributed by atoms with E-state index >= 15 is 0 Å². The number of rotatable bonds is 6. The first-order valence-corrected chi connectivity index (χ1v) is 9.39. The van der Waals surface area contributed by atoms with Crippen molar-refractivity contribution in [2.75, 3.05) is 7.11 Å². The van der Waals surface area contributed by atoms with E-state index in [1.54, 1.807) is 13.2 Å². The molecule has 2 aromatic heterocycles. The van der Waals surface area contributed by atoms with Crippen molar-refractivity contribution in [3.63, 3.8) is 0 Å². The van der Waals surface area contributed by atoms with Crippen LogP contribution in [0, 0.1) is 5.92 Å². The highest BCUT2D eigenvalue weighted by Crippen LogP contribution is 2.41. The zero-order valence-electron chi connectivity index (χ0n) is 14.3. The van der Waals surface area contributed by atoms with Gasteiger partial charge < -0.3 is 10.1 Å². The lowest BCUT2D eigenvalue weighted by molar-refractivity contribution is -0.122. The summed E-state index contributed by atoms with van der Waals surface area (Å²) in [5.74, 6) is 1.05. The van der Waals surface area contributed by atoms with Crippen LogP contribution in [0.1, 0.15) is 24.4 Å². The Morgan fingerprint density at radius 3 is 2.81 bits per heavy atom. The van der Waals surface area contributed by atoms with Crippen molar-refractivity contribution in [2.24, 2.45) is 5.92 Å². The highest BCUT2D eigenvalue weighted by Gasteiger charge is 2.33. The van der Waals surface area contributed by atoms with Crippen LogP contribution in [-0.2, 0) is 11.3 Å². The van der Waals surface area contributed by atoms with Gasteiger partial charge in [0.1, 0.15) is 17.1 Å². The molecule has 2 heterocycles. The first kappa shape index (κ1) is 16.8. The molecule has 1 saturated carbocycles. The van der Waals surface area contributed by atoms with Gasteiger partial charge >= 0.3 is 0 Å². The third kappa shape index (κ3) is 3.35. The van der Waals surface area contributed by atoms with Crippen LogP contribution in [0.2, 0.25) is 0 Å². The highest BCUT2D eigenvalue weighted by atomic mass is 32.1. The molecule has 1 N–H and O–H groups in total. The number of hydrogen-bond acceptors (Lipinski definition) is 5. The SMILES string of the molecule is COc1ccc(C(NC(=O)Cn2cnc3sccc3c2=O)C2CC2)cc1. The maximum absolute atomic E-state index is 12.6. The lowest BCUT2D eigenvalue weighted by Crippen LogP contribution is -2.35. The third-order valence-corrected chi connectivity index (χ3v) is 5.47. The molecule has 1 aliphatic carbocycles. The van der Waals surface area contributed by atoms with Crippen molar-refractivity contribution >= 4 is 27.5 Å². The number of fused-ring (bicyclic) bond motifs is 1. The molecule has 7 heteroatoms. The molecular formula is C19H19N3O3S. The second-order valence-corrected chi connectivity index (χ2v) is 7.37. The lowest BCUT2D eigenvalue weighted by Gasteiger charge is -2.19. The fourth-order valence-electron chi connectivity index (χ4n) is 3.09. The van der Waals surface area contributed by atoms with E-state index in [0.29, 0.717) is 16.1 Å². The van der Waals surface area contributed by atoms with Crippen molar-refractivity contribution in [3.05, 3.63) is 58.0 Å². The molecule has 1 aromatic carbocycles. The topological polar surface area (TPSA) is 73.2 Å². The Bertz CT molecular complexity index is 989. The van der Waals surface area contributed by atoms with E-state index in [1.165, 1.54) is 22.2 Å². The van der Waals surface area contributed by atoms with Crippen LogP contribution >= 0.6 is 11.3 Å². The molecule has 0 spiro atoms. The molecule has 0 bridgehead atoms. The molecule has 134 valence electrons. The molecule has 1 amide bonds. The average Bonchev–Trinajstić information content (AvgIpc) is 3.38. The number of carbonyl (C=O) groups excluding carboxylic acids is 1. The average molecular weight is 369 g/mol. The summed E-state index contributed by atoms with van der Waals surface area (Å²) in [6.07, 6.45) is 3.64. The number of carbonyl (C=O) groups is 1. The van der Waals surface area contributed by atoms with Crippen molar-refractivity contribution in [3.8, 4) is 5.75 Å². The van der Waals surface area contributed by atoms with E-state index in [4.69, 9.17) is 4.74 Å². The van der Waals surface area contributed by atoms with Gasteiger partial charge in [-0.1, -0.05) is 12.1 Å². The van der Waals surface area contributed by atoms with Gasteiger partial charge in [-0.05, 0) is 47.9 Å². The summed E-state index contributed by atoms with van der Waals surface area (Å²) >= 11 is 1.42. The Balaban J connectivity index is 1.51. The summed E-state index contributed by atoms with van der Waals surface area (Å²) in [6.45, 7) is -0.0308. The van der Waals surface area contributed by atoms with Crippen LogP contribution in [0.3, 0.4) is 0 Å². The quantitative estimate of drug-likeness (QED) is 0.725. The van der Waals surface area contributed by atoms with E-state index in [9.17, 15) is 9.59 Å². The minimum atomic E-state index is -0.184. The Labute approximate surface area is 154 Å². The van der Waals surface area contributed by atoms with E-state index in [-0.39, 0.29) is 24.1 Å². The summed E-state index contributed by atoms with van der Waals surface area (Å²) in [5.41, 5.74) is 0.874. The molecule has 6 nitrogen and oxygen atoms in total. The van der Waals surface area contributed by atoms with Gasteiger partial charge in [0.2, 0.25) is 5.91 Å². The van der Waals surface area contributed by atoms with Crippen LogP contribution in [-0.4, -0.2) is 22.6 Å². The third-order valence-electron chi connectivity index (χ3n) is 4.65. The van der Waals surface area contributed by atoms with Crippen LogP contribution in [0.4, 0.5) is 0 Å². The molecular weight excluding hydrogens is 350 g/mol. The van der Waals surface area contributed by atoms with Crippen LogP contribution in [0.25, 0.3) is 10.2 Å². The molecule has 1 aliphatic rings. The predicted molar refractivity (Wildman–Crippen MR) is 100 cm³/mol. The summed E-state index contributed by atoms with van der Waals surface area (Å²) in [4.78, 5) is 29.9. The number of nitrogens with zero attached hydrogens (tertiary/aromatic N) is 2. The Morgan fingerprint density at radius 1 is 1.35 bits per heavy atom. The normalized spacial score (nSPS) is 15.0. The zero-order chi connectivity index (χ0) is 18.1. The van der Waals surface area contributed by atoms with E-state index in [2.05, 4.69) is 10.3 Å². The fourth-order valence-corrected chi connectivity index (χ4v) is 3.82. The predicted octanol–water partition coefficient (Wildman–Crippen LogP) is 2.73. The van der Waals surface area contributed by atoms with Gasteiger partial charge in [0.25, 0.3) is 5.56 Å². The van der Waals surface area contributed by atoms with Gasteiger partial charge in [0.15, 0.2) is 0 Å². The molecule has 0 radical (unpaired) electrons. The van der Waals surface area contributed by atoms with Crippen LogP contribution in [0.15, 0.2) is 46.8 Å². The number of nitrogens with one attached hydrogen (secondary N) is 1. The number of aromatic nitrogens is 2. The summed E-state index contributed by atoms with van der Waals surface area (Å²) < 4.78 is 6.56. The summed E-state index contributed by atoms with van der Waals surface area (Å²) in [6, 6.07) is 9.46. The molecule has 26 heavy (non-hydrogen) atoms. The minimum absolute atomic E-state index is 0.0308. The molecule has 1 fully saturated rings. The molecule has 3 aromatic rings. The van der Waals surface area contributed by atoms with Gasteiger partial charge in [0.05, 0.1) is 24.9 Å². The fraction of sp³-hybridized carbons (Fsp3) is 0.316. The van der Waals surface area contributed by atoms with E-state index < -0.39 is 0 Å². The monoisotopic (exact) mass is 369 g/mol. The van der Waals surface area contributed by atoms with Gasteiger partial charge in [-0.15, -0.1) is 11.3 Å². The summed E-state index contributed by atoms with van der Waals surface area (Å²) in [5, 5.41) is 5.47. The smallest absolute Gasteiger partial charge is 0.262 e. The maximum Gasteiger partial charge on any atom is 0.262 e. The Morgan fingerprint density at radius 2 is 2.12 bits per heavy atom. The van der Waals surface area contributed by atoms with E-state index in [0.717, 1.165) is 24.2 Å². The Hall–Kier alpha value is -2.67. The largest absolute Gasteiger partial charge is 0.497 e. The highest BCUT2D eigenvalue weighted by molar-refractivity contribution is 7.16. The summed E-state index contributed by atoms with van der Waals surface area (Å²) in [7, 11) is 1.63. The lowest BCUT2D eigenvalue weighted by atomic mass is 10.0. The van der Waals surface area contributed by atoms with Crippen molar-refractivity contribution in [2.45, 2.75) is 25.4 Å². The Kier molecular flexibility index (Phi) is 4.46. The van der Waals surface area contributed by atoms with Crippen LogP contribution < -0.4 is 15.6 Å². The number of hydrogen-bond donors (Lipinski definition) is 1. The zero-order valence-corrected chi connectivity index (χ0v) is 15.2. The standard InChI is InChI=1S/C19H19N3O3S/c1-25-14-6-4-13(5-7-14)17(12-2-3-12)21-16(23)10-22-11-20-18-15(19(22)24)8-9-26-18/h4-9,11-12,17H,2-3,10H2,1H3,(H,21,23). The number of benzene rings is 1. The second-order valence-electron chi connectivity index (χ2n) is 6.47. The number of ether oxygens (including phenoxy) is 1. The number of thiophene rings is 1. The molecule has 0 aliphatic heterocycles. The molecule has 1 unspecified atom stereocenters. The van der Waals surface area contributed by atoms with Crippen molar-refractivity contribution < 1.29 is 9.53 Å². The van der Waals surface area contributed by atoms with Crippen molar-refractivity contribution in [1.82, 2.24) is 14.9 Å². The number of amides is 1. The number of methoxy groups -OCH3 is 1. The van der Waals surface area contributed by atoms with Crippen LogP contribution in [0.5, 0.6) is 5.75 Å².